The second kappa shape index (κ2) is 6.74. The van der Waals surface area contributed by atoms with Gasteiger partial charge in [-0.05, 0) is 44.5 Å². The summed E-state index contributed by atoms with van der Waals surface area (Å²) in [5.74, 6) is 0.648. The Hall–Kier alpha value is -0.570. The van der Waals surface area contributed by atoms with E-state index in [4.69, 9.17) is 11.6 Å². The van der Waals surface area contributed by atoms with Gasteiger partial charge in [-0.25, -0.2) is 0 Å². The van der Waals surface area contributed by atoms with E-state index < -0.39 is 0 Å². The van der Waals surface area contributed by atoms with E-state index in [1.54, 1.807) is 0 Å². The van der Waals surface area contributed by atoms with E-state index in [9.17, 15) is 5.11 Å². The number of hydrogen-bond acceptors (Lipinski definition) is 2. The number of likely N-dealkylation sites (N-methyl/N-ethyl adjacent to an activating group) is 1. The zero-order valence-electron chi connectivity index (χ0n) is 11.8. The van der Waals surface area contributed by atoms with Crippen molar-refractivity contribution in [2.75, 3.05) is 20.6 Å². The number of halogens is 1. The van der Waals surface area contributed by atoms with E-state index in [-0.39, 0.29) is 6.10 Å². The molecule has 106 valence electrons. The topological polar surface area (TPSA) is 23.5 Å². The average Bonchev–Trinajstić information content (AvgIpc) is 2.37. The van der Waals surface area contributed by atoms with Gasteiger partial charge in [0, 0.05) is 17.5 Å². The van der Waals surface area contributed by atoms with E-state index in [0.29, 0.717) is 11.8 Å². The van der Waals surface area contributed by atoms with E-state index >= 15 is 0 Å². The average molecular weight is 282 g/mol. The summed E-state index contributed by atoms with van der Waals surface area (Å²) in [6.07, 6.45) is 4.21. The standard InChI is InChI=1S/C16H24ClNO/c1-18(2)11-14(12-7-3-5-9-15(12)17)13-8-4-6-10-16(13)19/h3,5,7,9,13-14,16,19H,4,6,8,10-11H2,1-2H3/t13-,14?,16+/m1/s1. The zero-order valence-corrected chi connectivity index (χ0v) is 12.6. The van der Waals surface area contributed by atoms with E-state index in [1.807, 2.05) is 18.2 Å². The Morgan fingerprint density at radius 3 is 2.58 bits per heavy atom. The lowest BCUT2D eigenvalue weighted by atomic mass is 9.75. The Morgan fingerprint density at radius 1 is 1.26 bits per heavy atom. The molecule has 1 saturated carbocycles. The van der Waals surface area contributed by atoms with Crippen LogP contribution in [0.4, 0.5) is 0 Å². The van der Waals surface area contributed by atoms with Crippen molar-refractivity contribution in [3.63, 3.8) is 0 Å². The number of hydrogen-bond donors (Lipinski definition) is 1. The Balaban J connectivity index is 2.27. The molecule has 1 aromatic carbocycles. The van der Waals surface area contributed by atoms with Crippen LogP contribution in [0.15, 0.2) is 24.3 Å². The zero-order chi connectivity index (χ0) is 13.8. The van der Waals surface area contributed by atoms with E-state index in [1.165, 1.54) is 12.0 Å². The lowest BCUT2D eigenvalue weighted by molar-refractivity contribution is 0.0494. The van der Waals surface area contributed by atoms with Gasteiger partial charge < -0.3 is 10.0 Å². The van der Waals surface area contributed by atoms with Crippen LogP contribution in [0, 0.1) is 5.92 Å². The molecule has 3 heteroatoms. The fourth-order valence-corrected chi connectivity index (χ4v) is 3.52. The fourth-order valence-electron chi connectivity index (χ4n) is 3.24. The third-order valence-corrected chi connectivity index (χ3v) is 4.51. The van der Waals surface area contributed by atoms with Gasteiger partial charge in [0.15, 0.2) is 0 Å². The first-order valence-corrected chi connectivity index (χ1v) is 7.54. The van der Waals surface area contributed by atoms with Gasteiger partial charge in [0.1, 0.15) is 0 Å². The van der Waals surface area contributed by atoms with E-state index in [2.05, 4.69) is 25.1 Å². The monoisotopic (exact) mass is 281 g/mol. The van der Waals surface area contributed by atoms with Crippen LogP contribution in [0.5, 0.6) is 0 Å². The smallest absolute Gasteiger partial charge is 0.0574 e. The summed E-state index contributed by atoms with van der Waals surface area (Å²) in [5, 5.41) is 11.2. The van der Waals surface area contributed by atoms with Crippen molar-refractivity contribution in [2.24, 2.45) is 5.92 Å². The van der Waals surface area contributed by atoms with Crippen molar-refractivity contribution in [3.05, 3.63) is 34.9 Å². The van der Waals surface area contributed by atoms with Crippen LogP contribution in [0.1, 0.15) is 37.2 Å². The maximum atomic E-state index is 10.3. The van der Waals surface area contributed by atoms with Crippen LogP contribution < -0.4 is 0 Å². The van der Waals surface area contributed by atoms with Crippen LogP contribution >= 0.6 is 11.6 Å². The number of rotatable bonds is 4. The number of aliphatic hydroxyl groups is 1. The highest BCUT2D eigenvalue weighted by Crippen LogP contribution is 2.39. The van der Waals surface area contributed by atoms with Gasteiger partial charge in [0.05, 0.1) is 6.10 Å². The van der Waals surface area contributed by atoms with Gasteiger partial charge in [-0.3, -0.25) is 0 Å². The van der Waals surface area contributed by atoms with Crippen molar-refractivity contribution in [2.45, 2.75) is 37.7 Å². The largest absolute Gasteiger partial charge is 0.393 e. The van der Waals surface area contributed by atoms with Crippen LogP contribution in [0.2, 0.25) is 5.02 Å². The summed E-state index contributed by atoms with van der Waals surface area (Å²) in [6.45, 7) is 0.936. The van der Waals surface area contributed by atoms with Gasteiger partial charge in [-0.2, -0.15) is 0 Å². The summed E-state index contributed by atoms with van der Waals surface area (Å²) in [7, 11) is 4.16. The minimum Gasteiger partial charge on any atom is -0.393 e. The first-order valence-electron chi connectivity index (χ1n) is 7.17. The molecule has 1 aromatic rings. The molecule has 0 heterocycles. The molecule has 2 nitrogen and oxygen atoms in total. The number of nitrogens with zero attached hydrogens (tertiary/aromatic N) is 1. The summed E-state index contributed by atoms with van der Waals surface area (Å²) in [5.41, 5.74) is 1.18. The van der Waals surface area contributed by atoms with Crippen molar-refractivity contribution in [3.8, 4) is 0 Å². The molecule has 0 bridgehead atoms. The molecular weight excluding hydrogens is 258 g/mol. The minimum atomic E-state index is -0.185. The van der Waals surface area contributed by atoms with Crippen molar-refractivity contribution in [1.82, 2.24) is 4.90 Å². The molecule has 2 rings (SSSR count). The number of benzene rings is 1. The highest BCUT2D eigenvalue weighted by molar-refractivity contribution is 6.31. The third-order valence-electron chi connectivity index (χ3n) is 4.16. The van der Waals surface area contributed by atoms with E-state index in [0.717, 1.165) is 30.8 Å². The lowest BCUT2D eigenvalue weighted by Crippen LogP contribution is -2.35. The second-order valence-electron chi connectivity index (χ2n) is 5.91. The van der Waals surface area contributed by atoms with Gasteiger partial charge in [0.25, 0.3) is 0 Å². The Morgan fingerprint density at radius 2 is 1.95 bits per heavy atom. The predicted molar refractivity (Wildman–Crippen MR) is 80.7 cm³/mol. The van der Waals surface area contributed by atoms with Crippen molar-refractivity contribution >= 4 is 11.6 Å². The third kappa shape index (κ3) is 3.71. The van der Waals surface area contributed by atoms with Crippen molar-refractivity contribution in [1.29, 1.82) is 0 Å². The molecule has 1 N–H and O–H groups in total. The lowest BCUT2D eigenvalue weighted by Gasteiger charge is -2.36. The predicted octanol–water partition coefficient (Wildman–Crippen LogP) is 3.54. The summed E-state index contributed by atoms with van der Waals surface area (Å²) >= 11 is 6.37. The van der Waals surface area contributed by atoms with Crippen LogP contribution in [0.3, 0.4) is 0 Å². The maximum absolute atomic E-state index is 10.3. The summed E-state index contributed by atoms with van der Waals surface area (Å²) in [6, 6.07) is 8.07. The Labute approximate surface area is 121 Å². The van der Waals surface area contributed by atoms with Gasteiger partial charge >= 0.3 is 0 Å². The summed E-state index contributed by atoms with van der Waals surface area (Å²) in [4.78, 5) is 2.19. The molecule has 0 radical (unpaired) electrons. The molecule has 1 unspecified atom stereocenters. The molecule has 1 fully saturated rings. The molecule has 0 amide bonds. The molecule has 1 aliphatic carbocycles. The molecule has 0 aliphatic heterocycles. The van der Waals surface area contributed by atoms with Gasteiger partial charge in [-0.15, -0.1) is 0 Å². The van der Waals surface area contributed by atoms with Crippen molar-refractivity contribution < 1.29 is 5.11 Å². The molecule has 19 heavy (non-hydrogen) atoms. The molecule has 0 spiro atoms. The first kappa shape index (κ1) is 14.8. The quantitative estimate of drug-likeness (QED) is 0.913. The maximum Gasteiger partial charge on any atom is 0.0574 e. The molecule has 3 atom stereocenters. The molecule has 0 saturated heterocycles. The SMILES string of the molecule is CN(C)CC(c1ccccc1Cl)[C@H]1CCCC[C@@H]1O. The normalized spacial score (nSPS) is 25.5. The second-order valence-corrected chi connectivity index (χ2v) is 6.31. The first-order chi connectivity index (χ1) is 9.09. The molecular formula is C16H24ClNO. The van der Waals surface area contributed by atoms with Crippen LogP contribution in [-0.2, 0) is 0 Å². The highest BCUT2D eigenvalue weighted by atomic mass is 35.5. The highest BCUT2D eigenvalue weighted by Gasteiger charge is 2.32. The Kier molecular flexibility index (Phi) is 5.26. The summed E-state index contributed by atoms with van der Waals surface area (Å²) < 4.78 is 0. The minimum absolute atomic E-state index is 0.185. The van der Waals surface area contributed by atoms with Crippen LogP contribution in [0.25, 0.3) is 0 Å². The number of aliphatic hydroxyl groups excluding tert-OH is 1. The Bertz CT molecular complexity index is 407. The molecule has 0 aromatic heterocycles. The van der Waals surface area contributed by atoms with Crippen LogP contribution in [-0.4, -0.2) is 36.8 Å². The van der Waals surface area contributed by atoms with Gasteiger partial charge in [0.2, 0.25) is 0 Å². The fraction of sp³-hybridized carbons (Fsp3) is 0.625. The molecule has 1 aliphatic rings. The van der Waals surface area contributed by atoms with Gasteiger partial charge in [-0.1, -0.05) is 42.6 Å².